The summed E-state index contributed by atoms with van der Waals surface area (Å²) in [6.07, 6.45) is 0.696. The van der Waals surface area contributed by atoms with Gasteiger partial charge < -0.3 is 15.0 Å². The van der Waals surface area contributed by atoms with E-state index in [1.54, 1.807) is 4.90 Å². The molecule has 1 fully saturated rings. The molecular formula is C27H34N2O4. The number of ether oxygens (including phenoxy) is 1. The molecule has 1 N–H and O–H groups in total. The maximum Gasteiger partial charge on any atom is 0.410 e. The highest BCUT2D eigenvalue weighted by Crippen LogP contribution is 2.32. The van der Waals surface area contributed by atoms with Crippen LogP contribution in [0.2, 0.25) is 0 Å². The van der Waals surface area contributed by atoms with E-state index in [1.807, 2.05) is 52.0 Å². The molecule has 0 radical (unpaired) electrons. The third-order valence-electron chi connectivity index (χ3n) is 5.81. The summed E-state index contributed by atoms with van der Waals surface area (Å²) in [7, 11) is 0. The van der Waals surface area contributed by atoms with Crippen LogP contribution >= 0.6 is 0 Å². The summed E-state index contributed by atoms with van der Waals surface area (Å²) in [4.78, 5) is 38.2. The summed E-state index contributed by atoms with van der Waals surface area (Å²) in [5, 5.41) is 2.85. The Bertz CT molecular complexity index is 1040. The Morgan fingerprint density at radius 2 is 1.88 bits per heavy atom. The van der Waals surface area contributed by atoms with Crippen LogP contribution in [0.5, 0.6) is 0 Å². The van der Waals surface area contributed by atoms with Gasteiger partial charge in [-0.05, 0) is 61.9 Å². The first-order chi connectivity index (χ1) is 15.5. The molecule has 0 bridgehead atoms. The second kappa shape index (κ2) is 10.2. The van der Waals surface area contributed by atoms with Crippen molar-refractivity contribution in [3.63, 3.8) is 0 Å². The van der Waals surface area contributed by atoms with Crippen molar-refractivity contribution in [2.24, 2.45) is 0 Å². The van der Waals surface area contributed by atoms with E-state index in [0.29, 0.717) is 26.1 Å². The maximum absolute atomic E-state index is 12.8. The van der Waals surface area contributed by atoms with Crippen molar-refractivity contribution in [3.05, 3.63) is 59.2 Å². The Hall–Kier alpha value is -3.15. The molecular weight excluding hydrogens is 416 g/mol. The summed E-state index contributed by atoms with van der Waals surface area (Å²) in [5.74, 6) is -0.234. The fourth-order valence-electron chi connectivity index (χ4n) is 4.22. The molecule has 2 aromatic rings. The number of Topliss-reactive ketones (excluding diaryl/α,β-unsaturated/α-hetero) is 1. The van der Waals surface area contributed by atoms with E-state index < -0.39 is 5.60 Å². The molecule has 3 rings (SSSR count). The zero-order valence-electron chi connectivity index (χ0n) is 20.2. The standard InChI is InChI=1S/C27H34N2O4/c1-18-16-21(23-9-7-6-8-20(23)12-14-28-19(2)30)10-11-22(18)24-17-29(15-13-25(24)31)26(32)33-27(3,4)5/h6-11,16,24H,12-15,17H2,1-5H3,(H,28,30). The first-order valence-electron chi connectivity index (χ1n) is 11.5. The number of carbonyl (C=O) groups is 3. The fraction of sp³-hybridized carbons (Fsp3) is 0.444. The van der Waals surface area contributed by atoms with Crippen LogP contribution in [0.1, 0.15) is 56.7 Å². The molecule has 1 saturated heterocycles. The lowest BCUT2D eigenvalue weighted by atomic mass is 9.85. The Morgan fingerprint density at radius 3 is 2.55 bits per heavy atom. The van der Waals surface area contributed by atoms with Gasteiger partial charge in [-0.25, -0.2) is 4.79 Å². The SMILES string of the molecule is CC(=O)NCCc1ccccc1-c1ccc(C2CN(C(=O)OC(C)(C)C)CCC2=O)c(C)c1. The first kappa shape index (κ1) is 24.5. The van der Waals surface area contributed by atoms with Crippen LogP contribution in [-0.4, -0.2) is 47.9 Å². The smallest absolute Gasteiger partial charge is 0.410 e. The molecule has 0 aliphatic carbocycles. The summed E-state index contributed by atoms with van der Waals surface area (Å²) in [6.45, 7) is 10.4. The Labute approximate surface area is 196 Å². The van der Waals surface area contributed by atoms with Gasteiger partial charge in [0.05, 0.1) is 5.92 Å². The summed E-state index contributed by atoms with van der Waals surface area (Å²) in [6, 6.07) is 14.3. The highest BCUT2D eigenvalue weighted by molar-refractivity contribution is 5.89. The van der Waals surface area contributed by atoms with Gasteiger partial charge in [0.1, 0.15) is 11.4 Å². The number of rotatable bonds is 5. The maximum atomic E-state index is 12.8. The van der Waals surface area contributed by atoms with Crippen molar-refractivity contribution in [1.82, 2.24) is 10.2 Å². The summed E-state index contributed by atoms with van der Waals surface area (Å²) >= 11 is 0. The van der Waals surface area contributed by atoms with Crippen LogP contribution in [0.4, 0.5) is 4.79 Å². The molecule has 6 nitrogen and oxygen atoms in total. The zero-order chi connectivity index (χ0) is 24.2. The molecule has 1 aliphatic rings. The summed E-state index contributed by atoms with van der Waals surface area (Å²) < 4.78 is 5.51. The minimum Gasteiger partial charge on any atom is -0.444 e. The molecule has 0 spiro atoms. The monoisotopic (exact) mass is 450 g/mol. The molecule has 0 aromatic heterocycles. The van der Waals surface area contributed by atoms with E-state index in [-0.39, 0.29) is 23.7 Å². The molecule has 0 saturated carbocycles. The zero-order valence-corrected chi connectivity index (χ0v) is 20.2. The van der Waals surface area contributed by atoms with Crippen molar-refractivity contribution in [1.29, 1.82) is 0 Å². The number of hydrogen-bond donors (Lipinski definition) is 1. The minimum absolute atomic E-state index is 0.0368. The molecule has 2 aromatic carbocycles. The van der Waals surface area contributed by atoms with Gasteiger partial charge in [0.2, 0.25) is 5.91 Å². The Balaban J connectivity index is 1.81. The number of piperidine rings is 1. The van der Waals surface area contributed by atoms with Crippen LogP contribution in [0, 0.1) is 6.92 Å². The molecule has 6 heteroatoms. The van der Waals surface area contributed by atoms with Gasteiger partial charge in [0.15, 0.2) is 0 Å². The minimum atomic E-state index is -0.571. The number of nitrogens with zero attached hydrogens (tertiary/aromatic N) is 1. The number of carbonyl (C=O) groups excluding carboxylic acids is 3. The second-order valence-corrected chi connectivity index (χ2v) is 9.66. The quantitative estimate of drug-likeness (QED) is 0.720. The average molecular weight is 451 g/mol. The molecule has 176 valence electrons. The number of likely N-dealkylation sites (tertiary alicyclic amines) is 1. The second-order valence-electron chi connectivity index (χ2n) is 9.66. The van der Waals surface area contributed by atoms with Gasteiger partial charge in [0.25, 0.3) is 0 Å². The van der Waals surface area contributed by atoms with E-state index in [0.717, 1.165) is 34.2 Å². The van der Waals surface area contributed by atoms with Gasteiger partial charge in [-0.15, -0.1) is 0 Å². The van der Waals surface area contributed by atoms with Crippen LogP contribution in [0.25, 0.3) is 11.1 Å². The fourth-order valence-corrected chi connectivity index (χ4v) is 4.22. The van der Waals surface area contributed by atoms with E-state index in [1.165, 1.54) is 6.92 Å². The van der Waals surface area contributed by atoms with Crippen molar-refractivity contribution in [2.45, 2.75) is 59.0 Å². The first-order valence-corrected chi connectivity index (χ1v) is 11.5. The number of nitrogens with one attached hydrogen (secondary N) is 1. The van der Waals surface area contributed by atoms with Gasteiger partial charge in [-0.3, -0.25) is 9.59 Å². The van der Waals surface area contributed by atoms with E-state index >= 15 is 0 Å². The molecule has 33 heavy (non-hydrogen) atoms. The Morgan fingerprint density at radius 1 is 1.15 bits per heavy atom. The largest absolute Gasteiger partial charge is 0.444 e. The lowest BCUT2D eigenvalue weighted by Crippen LogP contribution is -2.45. The average Bonchev–Trinajstić information content (AvgIpc) is 2.73. The number of benzene rings is 2. The highest BCUT2D eigenvalue weighted by atomic mass is 16.6. The number of amides is 2. The summed E-state index contributed by atoms with van der Waals surface area (Å²) in [5.41, 5.74) is 4.74. The molecule has 1 aliphatic heterocycles. The topological polar surface area (TPSA) is 75.7 Å². The highest BCUT2D eigenvalue weighted by Gasteiger charge is 2.33. The Kier molecular flexibility index (Phi) is 7.57. The predicted molar refractivity (Wildman–Crippen MR) is 129 cm³/mol. The third-order valence-corrected chi connectivity index (χ3v) is 5.81. The lowest BCUT2D eigenvalue weighted by Gasteiger charge is -2.34. The lowest BCUT2D eigenvalue weighted by molar-refractivity contribution is -0.123. The van der Waals surface area contributed by atoms with Crippen LogP contribution in [-0.2, 0) is 20.7 Å². The third kappa shape index (κ3) is 6.44. The molecule has 1 heterocycles. The van der Waals surface area contributed by atoms with Crippen LogP contribution in [0.3, 0.4) is 0 Å². The molecule has 1 atom stereocenters. The van der Waals surface area contributed by atoms with Gasteiger partial charge >= 0.3 is 6.09 Å². The van der Waals surface area contributed by atoms with Crippen LogP contribution < -0.4 is 5.32 Å². The van der Waals surface area contributed by atoms with Gasteiger partial charge in [-0.1, -0.05) is 42.5 Å². The van der Waals surface area contributed by atoms with Crippen molar-refractivity contribution >= 4 is 17.8 Å². The van der Waals surface area contributed by atoms with Gasteiger partial charge in [-0.2, -0.15) is 0 Å². The van der Waals surface area contributed by atoms with Gasteiger partial charge in [0, 0.05) is 33.0 Å². The van der Waals surface area contributed by atoms with Crippen LogP contribution in [0.15, 0.2) is 42.5 Å². The number of hydrogen-bond acceptors (Lipinski definition) is 4. The molecule has 1 unspecified atom stereocenters. The molecule has 2 amide bonds. The van der Waals surface area contributed by atoms with E-state index in [9.17, 15) is 14.4 Å². The van der Waals surface area contributed by atoms with E-state index in [2.05, 4.69) is 23.5 Å². The van der Waals surface area contributed by atoms with Crippen molar-refractivity contribution in [3.8, 4) is 11.1 Å². The van der Waals surface area contributed by atoms with E-state index in [4.69, 9.17) is 4.74 Å². The van der Waals surface area contributed by atoms with Crippen molar-refractivity contribution in [2.75, 3.05) is 19.6 Å². The number of ketones is 1. The predicted octanol–water partition coefficient (Wildman–Crippen LogP) is 4.63. The van der Waals surface area contributed by atoms with Crippen molar-refractivity contribution < 1.29 is 19.1 Å². The normalized spacial score (nSPS) is 16.5. The number of aryl methyl sites for hydroxylation is 1.